The minimum absolute atomic E-state index is 0.200. The van der Waals surface area contributed by atoms with Crippen molar-refractivity contribution in [1.82, 2.24) is 15.5 Å². The molecular weight excluding hydrogens is 314 g/mol. The van der Waals surface area contributed by atoms with Gasteiger partial charge in [-0.05, 0) is 44.8 Å². The SMILES string of the molecule is CN(C)CCCNC(=O)C(NC(=O)c1ccccc1)c1ccccc1. The average Bonchev–Trinajstić information content (AvgIpc) is 2.64. The lowest BCUT2D eigenvalue weighted by molar-refractivity contribution is -0.123. The van der Waals surface area contributed by atoms with E-state index in [1.807, 2.05) is 50.5 Å². The number of benzene rings is 2. The first-order valence-corrected chi connectivity index (χ1v) is 8.41. The van der Waals surface area contributed by atoms with Crippen molar-refractivity contribution in [2.75, 3.05) is 27.2 Å². The van der Waals surface area contributed by atoms with Crippen LogP contribution in [0.1, 0.15) is 28.4 Å². The second-order valence-corrected chi connectivity index (χ2v) is 6.13. The zero-order valence-corrected chi connectivity index (χ0v) is 14.7. The van der Waals surface area contributed by atoms with Gasteiger partial charge >= 0.3 is 0 Å². The molecule has 0 aliphatic carbocycles. The van der Waals surface area contributed by atoms with Crippen molar-refractivity contribution in [2.24, 2.45) is 0 Å². The van der Waals surface area contributed by atoms with E-state index in [2.05, 4.69) is 15.5 Å². The normalized spacial score (nSPS) is 11.8. The highest BCUT2D eigenvalue weighted by molar-refractivity contribution is 5.97. The van der Waals surface area contributed by atoms with Crippen molar-refractivity contribution in [3.63, 3.8) is 0 Å². The van der Waals surface area contributed by atoms with Crippen LogP contribution in [0.25, 0.3) is 0 Å². The second-order valence-electron chi connectivity index (χ2n) is 6.13. The summed E-state index contributed by atoms with van der Waals surface area (Å²) in [5.41, 5.74) is 1.29. The number of rotatable bonds is 8. The van der Waals surface area contributed by atoms with E-state index < -0.39 is 6.04 Å². The lowest BCUT2D eigenvalue weighted by atomic mass is 10.1. The van der Waals surface area contributed by atoms with Gasteiger partial charge in [0.25, 0.3) is 5.91 Å². The van der Waals surface area contributed by atoms with Gasteiger partial charge in [-0.2, -0.15) is 0 Å². The fourth-order valence-corrected chi connectivity index (χ4v) is 2.46. The van der Waals surface area contributed by atoms with Gasteiger partial charge in [0.15, 0.2) is 0 Å². The summed E-state index contributed by atoms with van der Waals surface area (Å²) < 4.78 is 0. The van der Waals surface area contributed by atoms with E-state index >= 15 is 0 Å². The summed E-state index contributed by atoms with van der Waals surface area (Å²) in [6.07, 6.45) is 0.854. The van der Waals surface area contributed by atoms with Gasteiger partial charge in [-0.1, -0.05) is 48.5 Å². The van der Waals surface area contributed by atoms with Crippen molar-refractivity contribution >= 4 is 11.8 Å². The molecule has 0 aliphatic heterocycles. The van der Waals surface area contributed by atoms with E-state index in [-0.39, 0.29) is 11.8 Å². The largest absolute Gasteiger partial charge is 0.354 e. The third-order valence-corrected chi connectivity index (χ3v) is 3.79. The Morgan fingerprint density at radius 2 is 1.56 bits per heavy atom. The zero-order chi connectivity index (χ0) is 18.1. The fourth-order valence-electron chi connectivity index (χ4n) is 2.46. The third kappa shape index (κ3) is 6.04. The van der Waals surface area contributed by atoms with Crippen LogP contribution in [0.4, 0.5) is 0 Å². The van der Waals surface area contributed by atoms with Gasteiger partial charge in [-0.3, -0.25) is 9.59 Å². The minimum atomic E-state index is -0.715. The molecule has 2 rings (SSSR count). The van der Waals surface area contributed by atoms with Crippen LogP contribution < -0.4 is 10.6 Å². The number of hydrogen-bond acceptors (Lipinski definition) is 3. The molecule has 0 radical (unpaired) electrons. The predicted molar refractivity (Wildman–Crippen MR) is 99.3 cm³/mol. The molecule has 0 heterocycles. The highest BCUT2D eigenvalue weighted by Gasteiger charge is 2.22. The highest BCUT2D eigenvalue weighted by Crippen LogP contribution is 2.14. The second kappa shape index (κ2) is 9.59. The highest BCUT2D eigenvalue weighted by atomic mass is 16.2. The van der Waals surface area contributed by atoms with Crippen LogP contribution in [-0.4, -0.2) is 43.9 Å². The first-order valence-electron chi connectivity index (χ1n) is 8.41. The first kappa shape index (κ1) is 18.7. The van der Waals surface area contributed by atoms with E-state index in [9.17, 15) is 9.59 Å². The maximum atomic E-state index is 12.6. The van der Waals surface area contributed by atoms with E-state index in [0.717, 1.165) is 18.5 Å². The number of amides is 2. The standard InChI is InChI=1S/C20H25N3O2/c1-23(2)15-9-14-21-20(25)18(16-10-5-3-6-11-16)22-19(24)17-12-7-4-8-13-17/h3-8,10-13,18H,9,14-15H2,1-2H3,(H,21,25)(H,22,24). The average molecular weight is 339 g/mol. The van der Waals surface area contributed by atoms with Crippen LogP contribution in [0.5, 0.6) is 0 Å². The van der Waals surface area contributed by atoms with E-state index in [4.69, 9.17) is 0 Å². The summed E-state index contributed by atoms with van der Waals surface area (Å²) >= 11 is 0. The van der Waals surface area contributed by atoms with Crippen LogP contribution in [0.3, 0.4) is 0 Å². The Kier molecular flexibility index (Phi) is 7.16. The molecule has 0 bridgehead atoms. The van der Waals surface area contributed by atoms with Gasteiger partial charge in [-0.15, -0.1) is 0 Å². The van der Waals surface area contributed by atoms with Gasteiger partial charge < -0.3 is 15.5 Å². The molecule has 2 N–H and O–H groups in total. The van der Waals surface area contributed by atoms with Crippen LogP contribution in [-0.2, 0) is 4.79 Å². The number of hydrogen-bond donors (Lipinski definition) is 2. The Bertz CT molecular complexity index is 672. The molecule has 5 nitrogen and oxygen atoms in total. The number of nitrogens with zero attached hydrogens (tertiary/aromatic N) is 1. The zero-order valence-electron chi connectivity index (χ0n) is 14.7. The van der Waals surface area contributed by atoms with Gasteiger partial charge in [-0.25, -0.2) is 0 Å². The molecule has 1 atom stereocenters. The Labute approximate surface area is 149 Å². The molecule has 0 saturated carbocycles. The lowest BCUT2D eigenvalue weighted by Crippen LogP contribution is -2.41. The van der Waals surface area contributed by atoms with Crippen molar-refractivity contribution in [3.05, 3.63) is 71.8 Å². The molecule has 0 spiro atoms. The van der Waals surface area contributed by atoms with Crippen molar-refractivity contribution < 1.29 is 9.59 Å². The molecule has 0 aliphatic rings. The summed E-state index contributed by atoms with van der Waals surface area (Å²) in [6.45, 7) is 1.47. The lowest BCUT2D eigenvalue weighted by Gasteiger charge is -2.19. The Hall–Kier alpha value is -2.66. The maximum Gasteiger partial charge on any atom is 0.252 e. The maximum absolute atomic E-state index is 12.6. The molecule has 1 unspecified atom stereocenters. The number of carbonyl (C=O) groups is 2. The Morgan fingerprint density at radius 1 is 0.960 bits per heavy atom. The third-order valence-electron chi connectivity index (χ3n) is 3.79. The fraction of sp³-hybridized carbons (Fsp3) is 0.300. The van der Waals surface area contributed by atoms with E-state index in [1.54, 1.807) is 24.3 Å². The van der Waals surface area contributed by atoms with Crippen LogP contribution in [0.2, 0.25) is 0 Å². The molecule has 132 valence electrons. The smallest absolute Gasteiger partial charge is 0.252 e. The van der Waals surface area contributed by atoms with E-state index in [0.29, 0.717) is 12.1 Å². The van der Waals surface area contributed by atoms with Crippen molar-refractivity contribution in [1.29, 1.82) is 0 Å². The van der Waals surface area contributed by atoms with Crippen molar-refractivity contribution in [3.8, 4) is 0 Å². The number of carbonyl (C=O) groups excluding carboxylic acids is 2. The summed E-state index contributed by atoms with van der Waals surface area (Å²) in [5, 5.41) is 5.75. The topological polar surface area (TPSA) is 61.4 Å². The Balaban J connectivity index is 2.06. The minimum Gasteiger partial charge on any atom is -0.354 e. The van der Waals surface area contributed by atoms with Crippen molar-refractivity contribution in [2.45, 2.75) is 12.5 Å². The van der Waals surface area contributed by atoms with Crippen LogP contribution in [0, 0.1) is 0 Å². The molecule has 0 aromatic heterocycles. The summed E-state index contributed by atoms with van der Waals surface area (Å²) in [7, 11) is 3.99. The molecule has 25 heavy (non-hydrogen) atoms. The first-order chi connectivity index (χ1) is 12.1. The van der Waals surface area contributed by atoms with E-state index in [1.165, 1.54) is 0 Å². The predicted octanol–water partition coefficient (Wildman–Crippen LogP) is 2.23. The quantitative estimate of drug-likeness (QED) is 0.725. The molecule has 2 aromatic carbocycles. The summed E-state index contributed by atoms with van der Waals surface area (Å²) in [5.74, 6) is -0.466. The van der Waals surface area contributed by atoms with Gasteiger partial charge in [0.1, 0.15) is 6.04 Å². The molecule has 2 aromatic rings. The molecular formula is C20H25N3O2. The van der Waals surface area contributed by atoms with Crippen LogP contribution >= 0.6 is 0 Å². The molecule has 0 fully saturated rings. The molecule has 0 saturated heterocycles. The van der Waals surface area contributed by atoms with Crippen LogP contribution in [0.15, 0.2) is 60.7 Å². The van der Waals surface area contributed by atoms with Gasteiger partial charge in [0.05, 0.1) is 0 Å². The summed E-state index contributed by atoms with van der Waals surface area (Å²) in [6, 6.07) is 17.5. The summed E-state index contributed by atoms with van der Waals surface area (Å²) in [4.78, 5) is 27.1. The number of nitrogens with one attached hydrogen (secondary N) is 2. The molecule has 2 amide bonds. The monoisotopic (exact) mass is 339 g/mol. The molecule has 5 heteroatoms. The Morgan fingerprint density at radius 3 is 2.16 bits per heavy atom. The van der Waals surface area contributed by atoms with Gasteiger partial charge in [0.2, 0.25) is 5.91 Å². The van der Waals surface area contributed by atoms with Gasteiger partial charge in [0, 0.05) is 12.1 Å².